The Morgan fingerprint density at radius 2 is 2.12 bits per heavy atom. The third-order valence-corrected chi connectivity index (χ3v) is 2.81. The average molecular weight is 225 g/mol. The summed E-state index contributed by atoms with van der Waals surface area (Å²) in [5, 5.41) is 11.2. The second-order valence-corrected chi connectivity index (χ2v) is 3.92. The molecule has 16 heavy (non-hydrogen) atoms. The first kappa shape index (κ1) is 13.1. The number of aromatic nitrogens is 3. The molecule has 0 amide bonds. The molecule has 0 atom stereocenters. The Kier molecular flexibility index (Phi) is 6.03. The number of hydrogen-bond donors (Lipinski definition) is 1. The van der Waals surface area contributed by atoms with E-state index in [4.69, 9.17) is 0 Å². The molecular weight excluding hydrogens is 202 g/mol. The van der Waals surface area contributed by atoms with Crippen LogP contribution in [-0.2, 0) is 13.6 Å². The van der Waals surface area contributed by atoms with Crippen molar-refractivity contribution in [3.05, 3.63) is 12.2 Å². The molecule has 5 nitrogen and oxygen atoms in total. The van der Waals surface area contributed by atoms with Crippen molar-refractivity contribution in [1.82, 2.24) is 25.0 Å². The number of nitrogens with zero attached hydrogens (tertiary/aromatic N) is 4. The highest BCUT2D eigenvalue weighted by molar-refractivity contribution is 4.82. The van der Waals surface area contributed by atoms with Gasteiger partial charge in [-0.25, -0.2) is 0 Å². The van der Waals surface area contributed by atoms with Crippen molar-refractivity contribution in [2.24, 2.45) is 7.05 Å². The van der Waals surface area contributed by atoms with E-state index in [1.54, 1.807) is 6.33 Å². The molecule has 1 N–H and O–H groups in total. The topological polar surface area (TPSA) is 46.0 Å². The Balaban J connectivity index is 2.06. The van der Waals surface area contributed by atoms with E-state index in [1.807, 2.05) is 11.6 Å². The quantitative estimate of drug-likeness (QED) is 0.659. The summed E-state index contributed by atoms with van der Waals surface area (Å²) in [5.74, 6) is 0.989. The van der Waals surface area contributed by atoms with Gasteiger partial charge in [-0.2, -0.15) is 0 Å². The van der Waals surface area contributed by atoms with Gasteiger partial charge in [0.2, 0.25) is 0 Å². The zero-order valence-corrected chi connectivity index (χ0v) is 10.6. The Bertz CT molecular complexity index is 280. The molecule has 0 radical (unpaired) electrons. The van der Waals surface area contributed by atoms with E-state index in [0.717, 1.165) is 32.0 Å². The van der Waals surface area contributed by atoms with Gasteiger partial charge in [0, 0.05) is 7.05 Å². The lowest BCUT2D eigenvalue weighted by molar-refractivity contribution is 0.297. The van der Waals surface area contributed by atoms with Crippen molar-refractivity contribution in [3.63, 3.8) is 0 Å². The van der Waals surface area contributed by atoms with Crippen LogP contribution in [0.15, 0.2) is 6.33 Å². The second-order valence-electron chi connectivity index (χ2n) is 3.92. The molecule has 0 fully saturated rings. The molecule has 0 aliphatic rings. The van der Waals surface area contributed by atoms with Crippen LogP contribution < -0.4 is 5.32 Å². The van der Waals surface area contributed by atoms with Crippen LogP contribution in [0, 0.1) is 0 Å². The van der Waals surface area contributed by atoms with Gasteiger partial charge in [0.25, 0.3) is 0 Å². The van der Waals surface area contributed by atoms with E-state index >= 15 is 0 Å². The fourth-order valence-corrected chi connectivity index (χ4v) is 1.63. The van der Waals surface area contributed by atoms with Crippen LogP contribution in [0.5, 0.6) is 0 Å². The summed E-state index contributed by atoms with van der Waals surface area (Å²) < 4.78 is 1.94. The van der Waals surface area contributed by atoms with Gasteiger partial charge in [0.15, 0.2) is 0 Å². The van der Waals surface area contributed by atoms with Gasteiger partial charge < -0.3 is 14.8 Å². The van der Waals surface area contributed by atoms with Crippen LogP contribution in [0.3, 0.4) is 0 Å². The van der Waals surface area contributed by atoms with Gasteiger partial charge in [0.05, 0.1) is 6.54 Å². The molecule has 1 rings (SSSR count). The summed E-state index contributed by atoms with van der Waals surface area (Å²) in [6.45, 7) is 9.68. The van der Waals surface area contributed by atoms with Crippen molar-refractivity contribution in [2.75, 3.05) is 26.2 Å². The fraction of sp³-hybridized carbons (Fsp3) is 0.818. The van der Waals surface area contributed by atoms with Crippen LogP contribution in [0.2, 0.25) is 0 Å². The van der Waals surface area contributed by atoms with E-state index in [-0.39, 0.29) is 0 Å². The van der Waals surface area contributed by atoms with Crippen molar-refractivity contribution in [3.8, 4) is 0 Å². The number of rotatable bonds is 8. The lowest BCUT2D eigenvalue weighted by Gasteiger charge is -2.17. The molecule has 1 heterocycles. The summed E-state index contributed by atoms with van der Waals surface area (Å²) in [4.78, 5) is 2.43. The van der Waals surface area contributed by atoms with Gasteiger partial charge >= 0.3 is 0 Å². The molecule has 0 spiro atoms. The summed E-state index contributed by atoms with van der Waals surface area (Å²) >= 11 is 0. The highest BCUT2D eigenvalue weighted by Gasteiger charge is 2.00. The average Bonchev–Trinajstić information content (AvgIpc) is 2.70. The number of hydrogen-bond acceptors (Lipinski definition) is 4. The maximum atomic E-state index is 4.02. The number of nitrogens with one attached hydrogen (secondary N) is 1. The highest BCUT2D eigenvalue weighted by atomic mass is 15.3. The molecule has 0 aliphatic heterocycles. The third-order valence-electron chi connectivity index (χ3n) is 2.81. The predicted octanol–water partition coefficient (Wildman–Crippen LogP) is 0.637. The first-order valence-electron chi connectivity index (χ1n) is 6.03. The Hall–Kier alpha value is -0.940. The van der Waals surface area contributed by atoms with Gasteiger partial charge in [-0.3, -0.25) is 0 Å². The van der Waals surface area contributed by atoms with Crippen LogP contribution in [-0.4, -0.2) is 45.8 Å². The molecular formula is C11H23N5. The van der Waals surface area contributed by atoms with E-state index in [2.05, 4.69) is 34.3 Å². The molecule has 0 saturated carbocycles. The highest BCUT2D eigenvalue weighted by Crippen LogP contribution is 1.92. The van der Waals surface area contributed by atoms with Crippen molar-refractivity contribution in [1.29, 1.82) is 0 Å². The molecule has 92 valence electrons. The molecule has 0 saturated heterocycles. The lowest BCUT2D eigenvalue weighted by atomic mass is 10.3. The van der Waals surface area contributed by atoms with Gasteiger partial charge in [-0.15, -0.1) is 10.2 Å². The zero-order chi connectivity index (χ0) is 11.8. The molecule has 1 aromatic heterocycles. The van der Waals surface area contributed by atoms with Gasteiger partial charge in [-0.05, 0) is 32.6 Å². The minimum Gasteiger partial charge on any atom is -0.320 e. The third kappa shape index (κ3) is 4.28. The van der Waals surface area contributed by atoms with Crippen LogP contribution >= 0.6 is 0 Å². The molecule has 0 aliphatic carbocycles. The van der Waals surface area contributed by atoms with E-state index in [9.17, 15) is 0 Å². The molecule has 0 aromatic carbocycles. The minimum absolute atomic E-state index is 0.800. The van der Waals surface area contributed by atoms with Crippen molar-refractivity contribution < 1.29 is 0 Å². The van der Waals surface area contributed by atoms with Crippen LogP contribution in [0.1, 0.15) is 26.1 Å². The maximum Gasteiger partial charge on any atom is 0.146 e. The van der Waals surface area contributed by atoms with Crippen molar-refractivity contribution in [2.45, 2.75) is 26.8 Å². The monoisotopic (exact) mass is 225 g/mol. The van der Waals surface area contributed by atoms with Crippen LogP contribution in [0.4, 0.5) is 0 Å². The smallest absolute Gasteiger partial charge is 0.146 e. The molecule has 0 bridgehead atoms. The SMILES string of the molecule is CCN(CC)CCCNCc1nncn1C. The number of aryl methyl sites for hydroxylation is 1. The molecule has 1 aromatic rings. The van der Waals surface area contributed by atoms with E-state index in [1.165, 1.54) is 13.0 Å². The van der Waals surface area contributed by atoms with Gasteiger partial charge in [0.1, 0.15) is 12.2 Å². The first-order valence-corrected chi connectivity index (χ1v) is 6.03. The van der Waals surface area contributed by atoms with Gasteiger partial charge in [-0.1, -0.05) is 13.8 Å². The summed E-state index contributed by atoms with van der Waals surface area (Å²) in [6, 6.07) is 0. The molecule has 5 heteroatoms. The first-order chi connectivity index (χ1) is 7.77. The summed E-state index contributed by atoms with van der Waals surface area (Å²) in [6.07, 6.45) is 2.91. The summed E-state index contributed by atoms with van der Waals surface area (Å²) in [5.41, 5.74) is 0. The normalized spacial score (nSPS) is 11.2. The predicted molar refractivity (Wildman–Crippen MR) is 65.1 cm³/mol. The molecule has 0 unspecified atom stereocenters. The minimum atomic E-state index is 0.800. The maximum absolute atomic E-state index is 4.02. The summed E-state index contributed by atoms with van der Waals surface area (Å²) in [7, 11) is 1.97. The Labute approximate surface area is 97.9 Å². The Morgan fingerprint density at radius 1 is 1.38 bits per heavy atom. The lowest BCUT2D eigenvalue weighted by Crippen LogP contribution is -2.27. The fourth-order valence-electron chi connectivity index (χ4n) is 1.63. The zero-order valence-electron chi connectivity index (χ0n) is 10.6. The second kappa shape index (κ2) is 7.35. The van der Waals surface area contributed by atoms with Crippen LogP contribution in [0.25, 0.3) is 0 Å². The Morgan fingerprint density at radius 3 is 2.69 bits per heavy atom. The largest absolute Gasteiger partial charge is 0.320 e. The van der Waals surface area contributed by atoms with Crippen molar-refractivity contribution >= 4 is 0 Å². The van der Waals surface area contributed by atoms with E-state index in [0.29, 0.717) is 0 Å². The van der Waals surface area contributed by atoms with E-state index < -0.39 is 0 Å². The standard InChI is InChI=1S/C11H23N5/c1-4-16(5-2)8-6-7-12-9-11-14-13-10-15(11)3/h10,12H,4-9H2,1-3H3.